The molecule has 1 aromatic carbocycles. The molecular weight excluding hydrogens is 264 g/mol. The first kappa shape index (κ1) is 17.8. The minimum atomic E-state index is 0.449. The predicted octanol–water partition coefficient (Wildman–Crippen LogP) is 2.74. The molecule has 0 saturated heterocycles. The van der Waals surface area contributed by atoms with Crippen molar-refractivity contribution in [2.24, 2.45) is 5.73 Å². The standard InChI is InChI=1S/C17H30N2O2/c1-4-11-21-16-8-7-14(13-17(16)20-6-3)12-15(5-2)19-10-9-18/h7-8,13,15,19H,4-6,9-12,18H2,1-3H3. The predicted molar refractivity (Wildman–Crippen MR) is 88.2 cm³/mol. The van der Waals surface area contributed by atoms with Gasteiger partial charge in [0.05, 0.1) is 13.2 Å². The van der Waals surface area contributed by atoms with Gasteiger partial charge in [-0.05, 0) is 43.9 Å². The number of nitrogens with two attached hydrogens (primary N) is 1. The molecule has 1 atom stereocenters. The Hall–Kier alpha value is -1.26. The molecule has 0 amide bonds. The van der Waals surface area contributed by atoms with E-state index in [1.54, 1.807) is 0 Å². The maximum atomic E-state index is 5.73. The van der Waals surface area contributed by atoms with Crippen LogP contribution in [0.15, 0.2) is 18.2 Å². The first-order valence-corrected chi connectivity index (χ1v) is 8.07. The summed E-state index contributed by atoms with van der Waals surface area (Å²) in [6.45, 7) is 9.18. The maximum Gasteiger partial charge on any atom is 0.161 e. The second kappa shape index (κ2) is 10.5. The van der Waals surface area contributed by atoms with Crippen LogP contribution in [0.25, 0.3) is 0 Å². The molecule has 0 heterocycles. The van der Waals surface area contributed by atoms with Crippen molar-refractivity contribution in [3.63, 3.8) is 0 Å². The van der Waals surface area contributed by atoms with E-state index in [1.807, 2.05) is 13.0 Å². The molecule has 0 bridgehead atoms. The zero-order valence-corrected chi connectivity index (χ0v) is 13.7. The Balaban J connectivity index is 2.75. The van der Waals surface area contributed by atoms with Crippen molar-refractivity contribution in [2.45, 2.75) is 46.1 Å². The molecule has 0 spiro atoms. The van der Waals surface area contributed by atoms with Crippen LogP contribution in [0.5, 0.6) is 11.5 Å². The van der Waals surface area contributed by atoms with Gasteiger partial charge >= 0.3 is 0 Å². The third-order valence-corrected chi connectivity index (χ3v) is 3.32. The lowest BCUT2D eigenvalue weighted by Crippen LogP contribution is -2.34. The summed E-state index contributed by atoms with van der Waals surface area (Å²) in [5.41, 5.74) is 6.82. The largest absolute Gasteiger partial charge is 0.490 e. The topological polar surface area (TPSA) is 56.5 Å². The summed E-state index contributed by atoms with van der Waals surface area (Å²) in [6.07, 6.45) is 3.05. The van der Waals surface area contributed by atoms with E-state index in [4.69, 9.17) is 15.2 Å². The van der Waals surface area contributed by atoms with Gasteiger partial charge in [0.25, 0.3) is 0 Å². The second-order valence-corrected chi connectivity index (χ2v) is 5.11. The number of ether oxygens (including phenoxy) is 2. The molecule has 3 N–H and O–H groups in total. The normalized spacial score (nSPS) is 12.2. The van der Waals surface area contributed by atoms with Crippen LogP contribution in [0, 0.1) is 0 Å². The molecule has 0 fully saturated rings. The van der Waals surface area contributed by atoms with Crippen LogP contribution in [0.4, 0.5) is 0 Å². The van der Waals surface area contributed by atoms with E-state index in [1.165, 1.54) is 5.56 Å². The van der Waals surface area contributed by atoms with E-state index < -0.39 is 0 Å². The Labute approximate surface area is 129 Å². The molecule has 0 saturated carbocycles. The van der Waals surface area contributed by atoms with Crippen LogP contribution < -0.4 is 20.5 Å². The Kier molecular flexibility index (Phi) is 8.87. The highest BCUT2D eigenvalue weighted by atomic mass is 16.5. The Morgan fingerprint density at radius 1 is 1.14 bits per heavy atom. The molecule has 0 radical (unpaired) electrons. The molecule has 0 aliphatic rings. The summed E-state index contributed by atoms with van der Waals surface area (Å²) in [7, 11) is 0. The molecule has 0 aliphatic heterocycles. The average Bonchev–Trinajstić information content (AvgIpc) is 2.51. The van der Waals surface area contributed by atoms with Crippen molar-refractivity contribution in [3.8, 4) is 11.5 Å². The van der Waals surface area contributed by atoms with Crippen LogP contribution in [-0.4, -0.2) is 32.3 Å². The zero-order chi connectivity index (χ0) is 15.5. The Bertz CT molecular complexity index is 396. The van der Waals surface area contributed by atoms with Gasteiger partial charge in [0.15, 0.2) is 11.5 Å². The van der Waals surface area contributed by atoms with Crippen LogP contribution in [0.1, 0.15) is 39.2 Å². The van der Waals surface area contributed by atoms with Gasteiger partial charge in [-0.25, -0.2) is 0 Å². The SMILES string of the molecule is CCCOc1ccc(CC(CC)NCCN)cc1OCC. The summed E-state index contributed by atoms with van der Waals surface area (Å²) < 4.78 is 11.4. The lowest BCUT2D eigenvalue weighted by atomic mass is 10.0. The Morgan fingerprint density at radius 2 is 1.95 bits per heavy atom. The molecule has 0 aromatic heterocycles. The summed E-state index contributed by atoms with van der Waals surface area (Å²) in [5, 5.41) is 3.47. The highest BCUT2D eigenvalue weighted by molar-refractivity contribution is 5.43. The van der Waals surface area contributed by atoms with E-state index in [9.17, 15) is 0 Å². The molecule has 1 rings (SSSR count). The van der Waals surface area contributed by atoms with Gasteiger partial charge in [-0.3, -0.25) is 0 Å². The van der Waals surface area contributed by atoms with Crippen LogP contribution in [0.3, 0.4) is 0 Å². The van der Waals surface area contributed by atoms with Gasteiger partial charge in [-0.2, -0.15) is 0 Å². The highest BCUT2D eigenvalue weighted by Gasteiger charge is 2.10. The van der Waals surface area contributed by atoms with Gasteiger partial charge < -0.3 is 20.5 Å². The molecule has 120 valence electrons. The van der Waals surface area contributed by atoms with E-state index in [0.717, 1.165) is 43.9 Å². The highest BCUT2D eigenvalue weighted by Crippen LogP contribution is 2.29. The van der Waals surface area contributed by atoms with E-state index in [0.29, 0.717) is 19.2 Å². The quantitative estimate of drug-likeness (QED) is 0.659. The minimum Gasteiger partial charge on any atom is -0.490 e. The van der Waals surface area contributed by atoms with Crippen LogP contribution in [-0.2, 0) is 6.42 Å². The molecule has 1 aromatic rings. The lowest BCUT2D eigenvalue weighted by Gasteiger charge is -2.18. The van der Waals surface area contributed by atoms with Gasteiger partial charge in [0.2, 0.25) is 0 Å². The fraction of sp³-hybridized carbons (Fsp3) is 0.647. The van der Waals surface area contributed by atoms with Gasteiger partial charge in [0.1, 0.15) is 0 Å². The first-order chi connectivity index (χ1) is 10.2. The number of rotatable bonds is 11. The third-order valence-electron chi connectivity index (χ3n) is 3.32. The lowest BCUT2D eigenvalue weighted by molar-refractivity contribution is 0.276. The van der Waals surface area contributed by atoms with Gasteiger partial charge in [-0.15, -0.1) is 0 Å². The monoisotopic (exact) mass is 294 g/mol. The van der Waals surface area contributed by atoms with Crippen LogP contribution in [0.2, 0.25) is 0 Å². The zero-order valence-electron chi connectivity index (χ0n) is 13.7. The maximum absolute atomic E-state index is 5.73. The summed E-state index contributed by atoms with van der Waals surface area (Å²) in [6, 6.07) is 6.69. The van der Waals surface area contributed by atoms with E-state index in [-0.39, 0.29) is 0 Å². The van der Waals surface area contributed by atoms with Crippen molar-refractivity contribution >= 4 is 0 Å². The summed E-state index contributed by atoms with van der Waals surface area (Å²) in [4.78, 5) is 0. The third kappa shape index (κ3) is 6.36. The number of hydrogen-bond donors (Lipinski definition) is 2. The van der Waals surface area contributed by atoms with Crippen molar-refractivity contribution in [1.82, 2.24) is 5.32 Å². The van der Waals surface area contributed by atoms with Crippen molar-refractivity contribution < 1.29 is 9.47 Å². The van der Waals surface area contributed by atoms with Gasteiger partial charge in [-0.1, -0.05) is 19.9 Å². The van der Waals surface area contributed by atoms with Crippen molar-refractivity contribution in [1.29, 1.82) is 0 Å². The summed E-state index contributed by atoms with van der Waals surface area (Å²) in [5.74, 6) is 1.68. The Morgan fingerprint density at radius 3 is 2.57 bits per heavy atom. The minimum absolute atomic E-state index is 0.449. The molecule has 0 aliphatic carbocycles. The average molecular weight is 294 g/mol. The van der Waals surface area contributed by atoms with Crippen molar-refractivity contribution in [3.05, 3.63) is 23.8 Å². The molecular formula is C17H30N2O2. The van der Waals surface area contributed by atoms with E-state index >= 15 is 0 Å². The molecule has 4 heteroatoms. The number of nitrogens with one attached hydrogen (secondary N) is 1. The first-order valence-electron chi connectivity index (χ1n) is 8.07. The molecule has 4 nitrogen and oxygen atoms in total. The van der Waals surface area contributed by atoms with Crippen molar-refractivity contribution in [2.75, 3.05) is 26.3 Å². The molecule has 1 unspecified atom stereocenters. The smallest absolute Gasteiger partial charge is 0.161 e. The molecule has 21 heavy (non-hydrogen) atoms. The van der Waals surface area contributed by atoms with Gasteiger partial charge in [0, 0.05) is 19.1 Å². The fourth-order valence-corrected chi connectivity index (χ4v) is 2.21. The number of benzene rings is 1. The summed E-state index contributed by atoms with van der Waals surface area (Å²) >= 11 is 0. The number of hydrogen-bond acceptors (Lipinski definition) is 4. The van der Waals surface area contributed by atoms with E-state index in [2.05, 4.69) is 31.3 Å². The second-order valence-electron chi connectivity index (χ2n) is 5.11. The van der Waals surface area contributed by atoms with Crippen LogP contribution >= 0.6 is 0 Å². The fourth-order valence-electron chi connectivity index (χ4n) is 2.21.